The Balaban J connectivity index is 1.84. The minimum absolute atomic E-state index is 0.0233. The number of carbonyl (C=O) groups excluding carboxylic acids is 3. The number of hydrogen-bond acceptors (Lipinski definition) is 7. The molecule has 36 heavy (non-hydrogen) atoms. The molecule has 2 rings (SSSR count). The molecule has 0 aromatic heterocycles. The van der Waals surface area contributed by atoms with Crippen LogP contribution in [0.1, 0.15) is 31.9 Å². The number of amides is 2. The van der Waals surface area contributed by atoms with Gasteiger partial charge in [-0.2, -0.15) is 0 Å². The van der Waals surface area contributed by atoms with Crippen LogP contribution in [0.2, 0.25) is 0 Å². The van der Waals surface area contributed by atoms with Crippen molar-refractivity contribution in [2.24, 2.45) is 11.8 Å². The first-order chi connectivity index (χ1) is 17.2. The van der Waals surface area contributed by atoms with Gasteiger partial charge in [0.15, 0.2) is 0 Å². The molecule has 2 aromatic carbocycles. The van der Waals surface area contributed by atoms with Crippen molar-refractivity contribution >= 4 is 24.1 Å². The van der Waals surface area contributed by atoms with Crippen LogP contribution in [0.15, 0.2) is 60.7 Å². The lowest BCUT2D eigenvalue weighted by molar-refractivity contribution is -0.151. The molecule has 2 amide bonds. The fourth-order valence-electron chi connectivity index (χ4n) is 3.13. The van der Waals surface area contributed by atoms with Crippen molar-refractivity contribution in [1.29, 1.82) is 0 Å². The molecular weight excluding hydrogens is 468 g/mol. The Morgan fingerprint density at radius 2 is 1.17 bits per heavy atom. The molecule has 0 bridgehead atoms. The number of benzene rings is 2. The van der Waals surface area contributed by atoms with Gasteiger partial charge < -0.3 is 30.0 Å². The maximum absolute atomic E-state index is 12.6. The molecule has 0 aliphatic carbocycles. The van der Waals surface area contributed by atoms with Gasteiger partial charge in [0.05, 0.1) is 6.61 Å². The third-order valence-corrected chi connectivity index (χ3v) is 5.22. The number of carboxylic acid groups (broad SMARTS) is 1. The van der Waals surface area contributed by atoms with Crippen molar-refractivity contribution in [3.05, 3.63) is 71.8 Å². The lowest BCUT2D eigenvalue weighted by Crippen LogP contribution is -2.48. The van der Waals surface area contributed by atoms with E-state index in [2.05, 4.69) is 10.6 Å². The summed E-state index contributed by atoms with van der Waals surface area (Å²) in [6.45, 7) is 4.66. The highest BCUT2D eigenvalue weighted by atomic mass is 16.6. The molecule has 0 saturated carbocycles. The van der Waals surface area contributed by atoms with Gasteiger partial charge in [-0.15, -0.1) is 0 Å². The zero-order valence-corrected chi connectivity index (χ0v) is 20.5. The summed E-state index contributed by atoms with van der Waals surface area (Å²) in [5, 5.41) is 14.3. The number of nitrogens with one attached hydrogen (secondary N) is 2. The molecule has 0 spiro atoms. The van der Waals surface area contributed by atoms with E-state index in [0.29, 0.717) is 0 Å². The van der Waals surface area contributed by atoms with Crippen LogP contribution in [-0.4, -0.2) is 47.9 Å². The molecule has 0 radical (unpaired) electrons. The van der Waals surface area contributed by atoms with Crippen molar-refractivity contribution in [3.8, 4) is 0 Å². The van der Waals surface area contributed by atoms with Crippen LogP contribution in [0.25, 0.3) is 0 Å². The molecule has 0 heterocycles. The number of hydrogen-bond donors (Lipinski definition) is 3. The first kappa shape index (κ1) is 28.2. The number of aliphatic carboxylic acids is 1. The second-order valence-corrected chi connectivity index (χ2v) is 8.56. The van der Waals surface area contributed by atoms with Gasteiger partial charge in [0.1, 0.15) is 25.3 Å². The highest BCUT2D eigenvalue weighted by molar-refractivity contribution is 5.82. The van der Waals surface area contributed by atoms with Crippen LogP contribution in [-0.2, 0) is 37.0 Å². The average molecular weight is 501 g/mol. The summed E-state index contributed by atoms with van der Waals surface area (Å²) in [6.07, 6.45) is -1.69. The highest BCUT2D eigenvalue weighted by Crippen LogP contribution is 2.10. The summed E-state index contributed by atoms with van der Waals surface area (Å²) >= 11 is 0. The fraction of sp³-hybridized carbons (Fsp3) is 0.385. The Bertz CT molecular complexity index is 998. The Hall–Kier alpha value is -4.08. The third kappa shape index (κ3) is 9.65. The molecule has 3 atom stereocenters. The Morgan fingerprint density at radius 3 is 1.58 bits per heavy atom. The summed E-state index contributed by atoms with van der Waals surface area (Å²) in [6, 6.07) is 15.6. The van der Waals surface area contributed by atoms with E-state index in [9.17, 15) is 24.3 Å². The molecule has 0 fully saturated rings. The van der Waals surface area contributed by atoms with Crippen LogP contribution in [0.5, 0.6) is 0 Å². The standard InChI is InChI=1S/C26H32N2O8/c1-17(2)21(27-25(32)35-15-19-10-6-4-7-11-19)24(31)34-14-18(3)22(23(29)30)28-26(33)36-16-20-12-8-5-9-13-20/h4-13,17-18,21-22H,14-16H2,1-3H3,(H,27,32)(H,28,33)(H,29,30)/t18?,21-,22?/m0/s1. The number of carboxylic acids is 1. The van der Waals surface area contributed by atoms with E-state index in [-0.39, 0.29) is 25.7 Å². The van der Waals surface area contributed by atoms with Crippen molar-refractivity contribution in [2.45, 2.75) is 46.1 Å². The third-order valence-electron chi connectivity index (χ3n) is 5.22. The smallest absolute Gasteiger partial charge is 0.408 e. The molecule has 0 aliphatic rings. The van der Waals surface area contributed by atoms with Crippen molar-refractivity contribution in [1.82, 2.24) is 10.6 Å². The molecule has 194 valence electrons. The van der Waals surface area contributed by atoms with Crippen LogP contribution in [0, 0.1) is 11.8 Å². The summed E-state index contributed by atoms with van der Waals surface area (Å²) < 4.78 is 15.5. The second-order valence-electron chi connectivity index (χ2n) is 8.56. The summed E-state index contributed by atoms with van der Waals surface area (Å²) in [4.78, 5) is 48.6. The van der Waals surface area contributed by atoms with E-state index in [1.165, 1.54) is 6.92 Å². The SMILES string of the molecule is CC(COC(=O)[C@@H](NC(=O)OCc1ccccc1)C(C)C)C(NC(=O)OCc1ccccc1)C(=O)O. The zero-order valence-electron chi connectivity index (χ0n) is 20.5. The molecule has 10 heteroatoms. The van der Waals surface area contributed by atoms with Crippen LogP contribution in [0.4, 0.5) is 9.59 Å². The first-order valence-electron chi connectivity index (χ1n) is 11.5. The number of ether oxygens (including phenoxy) is 3. The predicted molar refractivity (Wildman–Crippen MR) is 130 cm³/mol. The van der Waals surface area contributed by atoms with Gasteiger partial charge in [0, 0.05) is 5.92 Å². The zero-order chi connectivity index (χ0) is 26.5. The van der Waals surface area contributed by atoms with E-state index in [4.69, 9.17) is 14.2 Å². The largest absolute Gasteiger partial charge is 0.480 e. The van der Waals surface area contributed by atoms with Gasteiger partial charge in [-0.25, -0.2) is 19.2 Å². The van der Waals surface area contributed by atoms with Crippen LogP contribution in [0.3, 0.4) is 0 Å². The van der Waals surface area contributed by atoms with Crippen molar-refractivity contribution in [2.75, 3.05) is 6.61 Å². The van der Waals surface area contributed by atoms with Crippen molar-refractivity contribution < 1.29 is 38.5 Å². The average Bonchev–Trinajstić information content (AvgIpc) is 2.87. The molecule has 0 saturated heterocycles. The Morgan fingerprint density at radius 1 is 0.722 bits per heavy atom. The van der Waals surface area contributed by atoms with E-state index in [0.717, 1.165) is 11.1 Å². The van der Waals surface area contributed by atoms with E-state index >= 15 is 0 Å². The number of alkyl carbamates (subject to hydrolysis) is 2. The number of rotatable bonds is 12. The molecule has 2 unspecified atom stereocenters. The topological polar surface area (TPSA) is 140 Å². The molecule has 10 nitrogen and oxygen atoms in total. The molecular formula is C26H32N2O8. The van der Waals surface area contributed by atoms with E-state index < -0.39 is 42.1 Å². The number of esters is 1. The van der Waals surface area contributed by atoms with E-state index in [1.807, 2.05) is 24.3 Å². The Kier molecular flexibility index (Phi) is 11.2. The summed E-state index contributed by atoms with van der Waals surface area (Å²) in [7, 11) is 0. The summed E-state index contributed by atoms with van der Waals surface area (Å²) in [5.74, 6) is -3.16. The van der Waals surface area contributed by atoms with Gasteiger partial charge in [0.2, 0.25) is 0 Å². The normalized spacial score (nSPS) is 13.1. The maximum Gasteiger partial charge on any atom is 0.408 e. The summed E-state index contributed by atoms with van der Waals surface area (Å²) in [5.41, 5.74) is 1.54. The quantitative estimate of drug-likeness (QED) is 0.297. The monoisotopic (exact) mass is 500 g/mol. The lowest BCUT2D eigenvalue weighted by atomic mass is 10.0. The van der Waals surface area contributed by atoms with Gasteiger partial charge >= 0.3 is 24.1 Å². The predicted octanol–water partition coefficient (Wildman–Crippen LogP) is 3.50. The lowest BCUT2D eigenvalue weighted by Gasteiger charge is -2.24. The van der Waals surface area contributed by atoms with Crippen LogP contribution >= 0.6 is 0 Å². The first-order valence-corrected chi connectivity index (χ1v) is 11.5. The van der Waals surface area contributed by atoms with Gasteiger partial charge in [-0.1, -0.05) is 81.4 Å². The van der Waals surface area contributed by atoms with E-state index in [1.54, 1.807) is 50.2 Å². The minimum Gasteiger partial charge on any atom is -0.480 e. The van der Waals surface area contributed by atoms with Gasteiger partial charge in [-0.05, 0) is 17.0 Å². The highest BCUT2D eigenvalue weighted by Gasteiger charge is 2.31. The fourth-order valence-corrected chi connectivity index (χ4v) is 3.13. The van der Waals surface area contributed by atoms with Gasteiger partial charge in [-0.3, -0.25) is 0 Å². The molecule has 2 aromatic rings. The number of carbonyl (C=O) groups is 4. The van der Waals surface area contributed by atoms with Crippen LogP contribution < -0.4 is 10.6 Å². The van der Waals surface area contributed by atoms with Gasteiger partial charge in [0.25, 0.3) is 0 Å². The van der Waals surface area contributed by atoms with Crippen molar-refractivity contribution in [3.63, 3.8) is 0 Å². The second kappa shape index (κ2) is 14.3. The minimum atomic E-state index is -1.36. The Labute approximate surface area is 209 Å². The maximum atomic E-state index is 12.6. The molecule has 3 N–H and O–H groups in total. The molecule has 0 aliphatic heterocycles.